The van der Waals surface area contributed by atoms with E-state index in [2.05, 4.69) is 9.97 Å². The van der Waals surface area contributed by atoms with Crippen LogP contribution < -0.4 is 4.74 Å². The molecular weight excluding hydrogens is 210 g/mol. The largest absolute Gasteiger partial charge is 0.469 e. The van der Waals surface area contributed by atoms with E-state index in [0.717, 1.165) is 12.8 Å². The Bertz CT molecular complexity index is 378. The second-order valence-corrected chi connectivity index (χ2v) is 3.42. The summed E-state index contributed by atoms with van der Waals surface area (Å²) in [7, 11) is 0. The molecule has 0 bridgehead atoms. The molecule has 0 saturated carbocycles. The molecule has 0 aliphatic heterocycles. The van der Waals surface area contributed by atoms with Crippen molar-refractivity contribution in [2.24, 2.45) is 0 Å². The molecule has 16 heavy (non-hydrogen) atoms. The molecule has 0 unspecified atom stereocenters. The standard InChI is InChI=1S/C10H15N3O3/c1-4-8(5-2)16-10-9(13(14)15)6-11-7(3)12-10/h6,8H,4-5H2,1-3H3. The molecule has 0 amide bonds. The van der Waals surface area contributed by atoms with Crippen molar-refractivity contribution < 1.29 is 9.66 Å². The van der Waals surface area contributed by atoms with Crippen molar-refractivity contribution in [1.82, 2.24) is 9.97 Å². The van der Waals surface area contributed by atoms with E-state index in [0.29, 0.717) is 5.82 Å². The molecule has 88 valence electrons. The van der Waals surface area contributed by atoms with Gasteiger partial charge < -0.3 is 4.74 Å². The zero-order valence-electron chi connectivity index (χ0n) is 9.64. The van der Waals surface area contributed by atoms with Gasteiger partial charge in [-0.1, -0.05) is 13.8 Å². The summed E-state index contributed by atoms with van der Waals surface area (Å²) in [5, 5.41) is 10.7. The highest BCUT2D eigenvalue weighted by molar-refractivity contribution is 5.38. The molecule has 1 heterocycles. The quantitative estimate of drug-likeness (QED) is 0.567. The molecule has 0 aromatic carbocycles. The van der Waals surface area contributed by atoms with Crippen LogP contribution in [0.3, 0.4) is 0 Å². The molecule has 6 nitrogen and oxygen atoms in total. The predicted octanol–water partition coefficient (Wildman–Crippen LogP) is 2.26. The number of nitro groups is 1. The predicted molar refractivity (Wildman–Crippen MR) is 58.4 cm³/mol. The molecule has 0 aliphatic rings. The van der Waals surface area contributed by atoms with Crippen molar-refractivity contribution in [1.29, 1.82) is 0 Å². The van der Waals surface area contributed by atoms with Crippen LogP contribution in [0.25, 0.3) is 0 Å². The van der Waals surface area contributed by atoms with Gasteiger partial charge in [0.2, 0.25) is 0 Å². The summed E-state index contributed by atoms with van der Waals surface area (Å²) >= 11 is 0. The summed E-state index contributed by atoms with van der Waals surface area (Å²) in [6, 6.07) is 0. The lowest BCUT2D eigenvalue weighted by atomic mass is 10.2. The first kappa shape index (κ1) is 12.4. The average molecular weight is 225 g/mol. The Morgan fingerprint density at radius 2 is 2.12 bits per heavy atom. The lowest BCUT2D eigenvalue weighted by Crippen LogP contribution is -2.16. The van der Waals surface area contributed by atoms with Crippen LogP contribution >= 0.6 is 0 Å². The molecule has 6 heteroatoms. The van der Waals surface area contributed by atoms with Gasteiger partial charge in [0.05, 0.1) is 4.92 Å². The highest BCUT2D eigenvalue weighted by Gasteiger charge is 2.20. The maximum atomic E-state index is 10.7. The van der Waals surface area contributed by atoms with Gasteiger partial charge in [0.1, 0.15) is 18.1 Å². The number of nitrogens with zero attached hydrogens (tertiary/aromatic N) is 3. The zero-order chi connectivity index (χ0) is 12.1. The maximum absolute atomic E-state index is 10.7. The van der Waals surface area contributed by atoms with Gasteiger partial charge in [-0.3, -0.25) is 10.1 Å². The lowest BCUT2D eigenvalue weighted by molar-refractivity contribution is -0.386. The molecule has 1 rings (SSSR count). The minimum Gasteiger partial charge on any atom is -0.469 e. The van der Waals surface area contributed by atoms with Gasteiger partial charge >= 0.3 is 5.69 Å². The molecule has 0 saturated heterocycles. The van der Waals surface area contributed by atoms with Crippen LogP contribution in [0, 0.1) is 17.0 Å². The zero-order valence-corrected chi connectivity index (χ0v) is 9.64. The van der Waals surface area contributed by atoms with Gasteiger partial charge in [-0.15, -0.1) is 0 Å². The fraction of sp³-hybridized carbons (Fsp3) is 0.600. The summed E-state index contributed by atoms with van der Waals surface area (Å²) < 4.78 is 5.49. The monoisotopic (exact) mass is 225 g/mol. The van der Waals surface area contributed by atoms with Crippen LogP contribution in [-0.2, 0) is 0 Å². The first-order valence-corrected chi connectivity index (χ1v) is 5.23. The molecule has 0 radical (unpaired) electrons. The second kappa shape index (κ2) is 5.39. The van der Waals surface area contributed by atoms with Crippen molar-refractivity contribution in [3.8, 4) is 5.88 Å². The van der Waals surface area contributed by atoms with Gasteiger partial charge in [0.15, 0.2) is 0 Å². The van der Waals surface area contributed by atoms with E-state index in [4.69, 9.17) is 4.74 Å². The smallest absolute Gasteiger partial charge is 0.349 e. The minimum absolute atomic E-state index is 0.0481. The molecule has 0 N–H and O–H groups in total. The summed E-state index contributed by atoms with van der Waals surface area (Å²) in [6.07, 6.45) is 2.71. The highest BCUT2D eigenvalue weighted by atomic mass is 16.6. The first-order chi connectivity index (χ1) is 7.58. The number of hydrogen-bond donors (Lipinski definition) is 0. The highest BCUT2D eigenvalue weighted by Crippen LogP contribution is 2.24. The van der Waals surface area contributed by atoms with Crippen LogP contribution in [0.2, 0.25) is 0 Å². The van der Waals surface area contributed by atoms with Crippen molar-refractivity contribution in [3.63, 3.8) is 0 Å². The summed E-state index contributed by atoms with van der Waals surface area (Å²) in [5.74, 6) is 0.526. The molecule has 0 atom stereocenters. The van der Waals surface area contributed by atoms with Crippen molar-refractivity contribution in [3.05, 3.63) is 22.1 Å². The number of aromatic nitrogens is 2. The van der Waals surface area contributed by atoms with Crippen molar-refractivity contribution >= 4 is 5.69 Å². The van der Waals surface area contributed by atoms with Gasteiger partial charge in [-0.2, -0.15) is 4.98 Å². The summed E-state index contributed by atoms with van der Waals surface area (Å²) in [4.78, 5) is 17.9. The molecule has 0 spiro atoms. The van der Waals surface area contributed by atoms with E-state index < -0.39 is 4.92 Å². The first-order valence-electron chi connectivity index (χ1n) is 5.23. The van der Waals surface area contributed by atoms with Crippen LogP contribution in [0.1, 0.15) is 32.5 Å². The Balaban J connectivity index is 3.00. The van der Waals surface area contributed by atoms with E-state index in [-0.39, 0.29) is 17.7 Å². The van der Waals surface area contributed by atoms with Crippen LogP contribution in [0.4, 0.5) is 5.69 Å². The Hall–Kier alpha value is -1.72. The SMILES string of the molecule is CCC(CC)Oc1nc(C)ncc1[N+](=O)[O-]. The topological polar surface area (TPSA) is 78.2 Å². The summed E-state index contributed by atoms with van der Waals surface area (Å²) in [5.41, 5.74) is -0.183. The third-order valence-electron chi connectivity index (χ3n) is 2.24. The van der Waals surface area contributed by atoms with E-state index >= 15 is 0 Å². The van der Waals surface area contributed by atoms with Crippen LogP contribution in [0.15, 0.2) is 6.20 Å². The molecule has 0 aliphatic carbocycles. The van der Waals surface area contributed by atoms with E-state index in [1.54, 1.807) is 6.92 Å². The Morgan fingerprint density at radius 1 is 1.50 bits per heavy atom. The fourth-order valence-corrected chi connectivity index (χ4v) is 1.27. The molecule has 1 aromatic heterocycles. The van der Waals surface area contributed by atoms with Crippen LogP contribution in [-0.4, -0.2) is 21.0 Å². The van der Waals surface area contributed by atoms with Crippen molar-refractivity contribution in [2.75, 3.05) is 0 Å². The molecule has 1 aromatic rings. The van der Waals surface area contributed by atoms with Gasteiger partial charge in [-0.05, 0) is 19.8 Å². The van der Waals surface area contributed by atoms with Gasteiger partial charge in [0.25, 0.3) is 5.88 Å². The van der Waals surface area contributed by atoms with E-state index in [1.807, 2.05) is 13.8 Å². The fourth-order valence-electron chi connectivity index (χ4n) is 1.27. The number of aryl methyl sites for hydroxylation is 1. The summed E-state index contributed by atoms with van der Waals surface area (Å²) in [6.45, 7) is 5.60. The third kappa shape index (κ3) is 2.88. The van der Waals surface area contributed by atoms with E-state index in [1.165, 1.54) is 6.20 Å². The van der Waals surface area contributed by atoms with Crippen molar-refractivity contribution in [2.45, 2.75) is 39.7 Å². The average Bonchev–Trinajstić information content (AvgIpc) is 2.25. The van der Waals surface area contributed by atoms with Gasteiger partial charge in [-0.25, -0.2) is 4.98 Å². The number of ether oxygens (including phenoxy) is 1. The lowest BCUT2D eigenvalue weighted by Gasteiger charge is -2.14. The Labute approximate surface area is 93.8 Å². The molecule has 0 fully saturated rings. The van der Waals surface area contributed by atoms with E-state index in [9.17, 15) is 10.1 Å². The minimum atomic E-state index is -0.531. The normalized spacial score (nSPS) is 10.5. The molecular formula is C10H15N3O3. The second-order valence-electron chi connectivity index (χ2n) is 3.42. The third-order valence-corrected chi connectivity index (χ3v) is 2.24. The number of hydrogen-bond acceptors (Lipinski definition) is 5. The number of rotatable bonds is 5. The Kier molecular flexibility index (Phi) is 4.16. The van der Waals surface area contributed by atoms with Gasteiger partial charge in [0, 0.05) is 0 Å². The van der Waals surface area contributed by atoms with Crippen LogP contribution in [0.5, 0.6) is 5.88 Å². The Morgan fingerprint density at radius 3 is 2.62 bits per heavy atom. The maximum Gasteiger partial charge on any atom is 0.349 e.